The number of carbonyl (C=O) groups is 1. The molecule has 0 amide bonds. The molecule has 6 rings (SSSR count). The van der Waals surface area contributed by atoms with Crippen LogP contribution in [0.1, 0.15) is 50.7 Å². The summed E-state index contributed by atoms with van der Waals surface area (Å²) in [5, 5.41) is 8.65. The average molecular weight is 508 g/mol. The Morgan fingerprint density at radius 1 is 1.03 bits per heavy atom. The molecule has 38 heavy (non-hydrogen) atoms. The van der Waals surface area contributed by atoms with Gasteiger partial charge in [0.15, 0.2) is 5.78 Å². The molecular weight excluding hydrogens is 477 g/mol. The number of rotatable bonds is 5. The highest BCUT2D eigenvalue weighted by molar-refractivity contribution is 6.02. The van der Waals surface area contributed by atoms with Gasteiger partial charge in [-0.05, 0) is 54.7 Å². The first kappa shape index (κ1) is 24.2. The SMILES string of the molecule is CCOc1ccc(C2C3=C(CC(C)(C)CC3=O)Nc3c2c(-c2ccccc2)nn3-c2cccc(F)c2)cc1. The third kappa shape index (κ3) is 4.20. The third-order valence-electron chi connectivity index (χ3n) is 7.31. The number of Topliss-reactive ketones (excluding diaryl/α,β-unsaturated/α-hetero) is 1. The summed E-state index contributed by atoms with van der Waals surface area (Å²) in [4.78, 5) is 13.8. The van der Waals surface area contributed by atoms with E-state index in [-0.39, 0.29) is 22.9 Å². The average Bonchev–Trinajstić information content (AvgIpc) is 3.27. The van der Waals surface area contributed by atoms with Crippen molar-refractivity contribution in [2.24, 2.45) is 5.41 Å². The summed E-state index contributed by atoms with van der Waals surface area (Å²) in [7, 11) is 0. The maximum atomic E-state index is 14.4. The van der Waals surface area contributed by atoms with Crippen molar-refractivity contribution in [3.8, 4) is 22.7 Å². The van der Waals surface area contributed by atoms with Crippen molar-refractivity contribution in [3.63, 3.8) is 0 Å². The maximum absolute atomic E-state index is 14.4. The third-order valence-corrected chi connectivity index (χ3v) is 7.31. The van der Waals surface area contributed by atoms with Crippen LogP contribution in [-0.2, 0) is 4.79 Å². The van der Waals surface area contributed by atoms with Crippen LogP contribution in [0.15, 0.2) is 90.1 Å². The zero-order valence-electron chi connectivity index (χ0n) is 21.8. The van der Waals surface area contributed by atoms with Gasteiger partial charge in [-0.3, -0.25) is 4.79 Å². The number of hydrogen-bond donors (Lipinski definition) is 1. The number of nitrogens with one attached hydrogen (secondary N) is 1. The van der Waals surface area contributed by atoms with E-state index in [4.69, 9.17) is 9.84 Å². The summed E-state index contributed by atoms with van der Waals surface area (Å²) >= 11 is 0. The van der Waals surface area contributed by atoms with Crippen molar-refractivity contribution in [2.45, 2.75) is 39.5 Å². The molecule has 1 N–H and O–H groups in total. The second kappa shape index (κ2) is 9.28. The molecule has 1 unspecified atom stereocenters. The molecule has 2 aliphatic rings. The molecule has 192 valence electrons. The fourth-order valence-corrected chi connectivity index (χ4v) is 5.75. The van der Waals surface area contributed by atoms with E-state index in [9.17, 15) is 9.18 Å². The van der Waals surface area contributed by atoms with Crippen LogP contribution in [0.5, 0.6) is 5.75 Å². The van der Waals surface area contributed by atoms with E-state index in [2.05, 4.69) is 19.2 Å². The lowest BCUT2D eigenvalue weighted by Gasteiger charge is -2.38. The van der Waals surface area contributed by atoms with Crippen molar-refractivity contribution < 1.29 is 13.9 Å². The Bertz CT molecular complexity index is 1550. The molecule has 0 saturated heterocycles. The Hall–Kier alpha value is -4.19. The Kier molecular flexibility index (Phi) is 5.90. The van der Waals surface area contributed by atoms with Crippen LogP contribution in [0.4, 0.5) is 10.2 Å². The van der Waals surface area contributed by atoms with Crippen molar-refractivity contribution in [2.75, 3.05) is 11.9 Å². The molecule has 5 nitrogen and oxygen atoms in total. The minimum absolute atomic E-state index is 0.144. The molecule has 4 aromatic rings. The summed E-state index contributed by atoms with van der Waals surface area (Å²) in [6, 6.07) is 24.4. The summed E-state index contributed by atoms with van der Waals surface area (Å²) in [5.41, 5.74) is 5.75. The molecule has 0 spiro atoms. The molecule has 1 aliphatic heterocycles. The number of carbonyl (C=O) groups excluding carboxylic acids is 1. The van der Waals surface area contributed by atoms with E-state index in [0.717, 1.165) is 51.6 Å². The van der Waals surface area contributed by atoms with Crippen LogP contribution in [0.25, 0.3) is 16.9 Å². The molecule has 0 radical (unpaired) electrons. The number of halogens is 1. The summed E-state index contributed by atoms with van der Waals surface area (Å²) < 4.78 is 21.8. The Labute approximate surface area is 222 Å². The molecule has 0 bridgehead atoms. The highest BCUT2D eigenvalue weighted by Gasteiger charge is 2.43. The first-order chi connectivity index (χ1) is 18.3. The Balaban J connectivity index is 1.63. The smallest absolute Gasteiger partial charge is 0.162 e. The second-order valence-electron chi connectivity index (χ2n) is 10.8. The number of aromatic nitrogens is 2. The lowest BCUT2D eigenvalue weighted by atomic mass is 9.69. The molecular formula is C32H30FN3O2. The van der Waals surface area contributed by atoms with Crippen LogP contribution in [0.2, 0.25) is 0 Å². The highest BCUT2D eigenvalue weighted by atomic mass is 19.1. The second-order valence-corrected chi connectivity index (χ2v) is 10.8. The number of ketones is 1. The molecule has 0 fully saturated rings. The monoisotopic (exact) mass is 507 g/mol. The zero-order valence-corrected chi connectivity index (χ0v) is 21.8. The van der Waals surface area contributed by atoms with Gasteiger partial charge in [-0.2, -0.15) is 5.10 Å². The van der Waals surface area contributed by atoms with Crippen molar-refractivity contribution in [1.82, 2.24) is 9.78 Å². The van der Waals surface area contributed by atoms with E-state index in [1.807, 2.05) is 67.6 Å². The first-order valence-corrected chi connectivity index (χ1v) is 13.0. The number of benzene rings is 3. The predicted molar refractivity (Wildman–Crippen MR) is 147 cm³/mol. The van der Waals surface area contributed by atoms with Gasteiger partial charge in [-0.25, -0.2) is 9.07 Å². The number of hydrogen-bond acceptors (Lipinski definition) is 4. The first-order valence-electron chi connectivity index (χ1n) is 13.0. The fourth-order valence-electron chi connectivity index (χ4n) is 5.75. The van der Waals surface area contributed by atoms with Crippen molar-refractivity contribution in [3.05, 3.63) is 107 Å². The van der Waals surface area contributed by atoms with Gasteiger partial charge in [0.05, 0.1) is 18.0 Å². The van der Waals surface area contributed by atoms with Gasteiger partial charge in [-0.15, -0.1) is 0 Å². The van der Waals surface area contributed by atoms with Crippen molar-refractivity contribution in [1.29, 1.82) is 0 Å². The number of allylic oxidation sites excluding steroid dienone is 2. The van der Waals surface area contributed by atoms with Gasteiger partial charge in [0.25, 0.3) is 0 Å². The molecule has 6 heteroatoms. The van der Waals surface area contributed by atoms with Crippen LogP contribution in [-0.4, -0.2) is 22.2 Å². The number of ether oxygens (including phenoxy) is 1. The topological polar surface area (TPSA) is 56.1 Å². The molecule has 0 saturated carbocycles. The van der Waals surface area contributed by atoms with Gasteiger partial charge < -0.3 is 10.1 Å². The zero-order chi connectivity index (χ0) is 26.4. The van der Waals surface area contributed by atoms with Crippen LogP contribution >= 0.6 is 0 Å². The minimum atomic E-state index is -0.333. The largest absolute Gasteiger partial charge is 0.494 e. The van der Waals surface area contributed by atoms with E-state index in [0.29, 0.717) is 18.7 Å². The van der Waals surface area contributed by atoms with E-state index >= 15 is 0 Å². The lowest BCUT2D eigenvalue weighted by molar-refractivity contribution is -0.118. The molecule has 1 aromatic heterocycles. The van der Waals surface area contributed by atoms with Crippen LogP contribution in [0, 0.1) is 11.2 Å². The summed E-state index contributed by atoms with van der Waals surface area (Å²) in [6.07, 6.45) is 1.21. The molecule has 3 aromatic carbocycles. The van der Waals surface area contributed by atoms with Gasteiger partial charge in [0.1, 0.15) is 17.4 Å². The van der Waals surface area contributed by atoms with Gasteiger partial charge in [0.2, 0.25) is 0 Å². The van der Waals surface area contributed by atoms with Gasteiger partial charge >= 0.3 is 0 Å². The Morgan fingerprint density at radius 2 is 1.79 bits per heavy atom. The van der Waals surface area contributed by atoms with Crippen molar-refractivity contribution >= 4 is 11.6 Å². The normalized spacial score (nSPS) is 18.0. The molecule has 1 aliphatic carbocycles. The van der Waals surface area contributed by atoms with Gasteiger partial charge in [-0.1, -0.05) is 62.4 Å². The number of fused-ring (bicyclic) bond motifs is 1. The summed E-state index contributed by atoms with van der Waals surface area (Å²) in [6.45, 7) is 6.78. The predicted octanol–water partition coefficient (Wildman–Crippen LogP) is 7.28. The molecule has 2 heterocycles. The lowest BCUT2D eigenvalue weighted by Crippen LogP contribution is -2.34. The molecule has 1 atom stereocenters. The maximum Gasteiger partial charge on any atom is 0.162 e. The summed E-state index contributed by atoms with van der Waals surface area (Å²) in [5.74, 6) is 1.04. The highest BCUT2D eigenvalue weighted by Crippen LogP contribution is 2.52. The van der Waals surface area contributed by atoms with E-state index in [1.165, 1.54) is 12.1 Å². The van der Waals surface area contributed by atoms with E-state index in [1.54, 1.807) is 10.7 Å². The van der Waals surface area contributed by atoms with Gasteiger partial charge in [0, 0.05) is 34.7 Å². The number of anilines is 1. The Morgan fingerprint density at radius 3 is 2.50 bits per heavy atom. The van der Waals surface area contributed by atoms with E-state index < -0.39 is 0 Å². The quantitative estimate of drug-likeness (QED) is 0.308. The van der Waals surface area contributed by atoms with Crippen LogP contribution in [0.3, 0.4) is 0 Å². The van der Waals surface area contributed by atoms with Crippen LogP contribution < -0.4 is 10.1 Å². The fraction of sp³-hybridized carbons (Fsp3) is 0.250. The number of nitrogens with zero attached hydrogens (tertiary/aromatic N) is 2. The minimum Gasteiger partial charge on any atom is -0.494 e. The standard InChI is InChI=1S/C32H30FN3O2/c1-4-38-24-15-13-20(14-16-24)27-28-25(18-32(2,3)19-26(28)37)34-31-29(27)30(21-9-6-5-7-10-21)35-36(31)23-12-8-11-22(33)17-23/h5-17,27,34H,4,18-19H2,1-3H3.